The lowest BCUT2D eigenvalue weighted by Crippen LogP contribution is -2.31. The highest BCUT2D eigenvalue weighted by molar-refractivity contribution is 7.80. The minimum absolute atomic E-state index is 0.336. The van der Waals surface area contributed by atoms with Gasteiger partial charge in [0.2, 0.25) is 0 Å². The molecule has 4 aromatic carbocycles. The molecule has 116 valence electrons. The van der Waals surface area contributed by atoms with E-state index in [2.05, 4.69) is 48.5 Å². The number of fused-ring (bicyclic) bond motifs is 2. The molecule has 0 saturated heterocycles. The van der Waals surface area contributed by atoms with Crippen LogP contribution >= 0.6 is 12.2 Å². The van der Waals surface area contributed by atoms with Crippen LogP contribution in [0.3, 0.4) is 0 Å². The van der Waals surface area contributed by atoms with Gasteiger partial charge in [-0.2, -0.15) is 0 Å². The van der Waals surface area contributed by atoms with Gasteiger partial charge in [-0.3, -0.25) is 4.90 Å². The summed E-state index contributed by atoms with van der Waals surface area (Å²) in [6.45, 7) is 0. The molecule has 0 atom stereocenters. The highest BCUT2D eigenvalue weighted by Crippen LogP contribution is 2.36. The van der Waals surface area contributed by atoms with E-state index in [0.29, 0.717) is 5.11 Å². The summed E-state index contributed by atoms with van der Waals surface area (Å²) in [5.41, 5.74) is 8.13. The Balaban J connectivity index is 2.02. The lowest BCUT2D eigenvalue weighted by Gasteiger charge is -2.26. The molecule has 0 amide bonds. The third kappa shape index (κ3) is 2.39. The van der Waals surface area contributed by atoms with E-state index in [1.807, 2.05) is 41.3 Å². The fourth-order valence-electron chi connectivity index (χ4n) is 3.17. The molecule has 0 aromatic heterocycles. The van der Waals surface area contributed by atoms with Crippen LogP contribution in [0.25, 0.3) is 21.5 Å². The molecule has 2 N–H and O–H groups in total. The number of nitrogens with two attached hydrogens (primary N) is 1. The monoisotopic (exact) mass is 328 g/mol. The molecule has 0 unspecified atom stereocenters. The SMILES string of the molecule is NC(=S)N(c1cccc2ccccc12)c1cccc2ccccc12. The van der Waals surface area contributed by atoms with E-state index in [9.17, 15) is 0 Å². The molecule has 0 aliphatic carbocycles. The molecule has 0 heterocycles. The van der Waals surface area contributed by atoms with Crippen LogP contribution in [0, 0.1) is 0 Å². The first-order chi connectivity index (χ1) is 11.8. The van der Waals surface area contributed by atoms with Gasteiger partial charge in [-0.05, 0) is 35.1 Å². The number of thiocarbonyl (C=S) groups is 1. The van der Waals surface area contributed by atoms with Crippen LogP contribution in [-0.4, -0.2) is 5.11 Å². The molecule has 0 radical (unpaired) electrons. The van der Waals surface area contributed by atoms with E-state index in [-0.39, 0.29) is 0 Å². The number of anilines is 2. The van der Waals surface area contributed by atoms with Gasteiger partial charge < -0.3 is 5.73 Å². The predicted octanol–water partition coefficient (Wildman–Crippen LogP) is 5.37. The maximum Gasteiger partial charge on any atom is 0.175 e. The summed E-state index contributed by atoms with van der Waals surface area (Å²) in [7, 11) is 0. The maximum absolute atomic E-state index is 6.14. The van der Waals surface area contributed by atoms with Crippen molar-refractivity contribution in [3.05, 3.63) is 84.9 Å². The average molecular weight is 328 g/mol. The Morgan fingerprint density at radius 3 is 1.50 bits per heavy atom. The minimum Gasteiger partial charge on any atom is -0.376 e. The summed E-state index contributed by atoms with van der Waals surface area (Å²) >= 11 is 5.41. The van der Waals surface area contributed by atoms with Gasteiger partial charge in [0.25, 0.3) is 0 Å². The largest absolute Gasteiger partial charge is 0.376 e. The lowest BCUT2D eigenvalue weighted by atomic mass is 10.1. The van der Waals surface area contributed by atoms with Crippen LogP contribution in [0.2, 0.25) is 0 Å². The first-order valence-electron chi connectivity index (χ1n) is 7.81. The van der Waals surface area contributed by atoms with Crippen LogP contribution in [0.4, 0.5) is 11.4 Å². The maximum atomic E-state index is 6.14. The third-order valence-corrected chi connectivity index (χ3v) is 4.42. The van der Waals surface area contributed by atoms with Crippen LogP contribution in [0.5, 0.6) is 0 Å². The number of hydrogen-bond donors (Lipinski definition) is 1. The van der Waals surface area contributed by atoms with Gasteiger partial charge in [-0.15, -0.1) is 0 Å². The molecule has 4 rings (SSSR count). The molecule has 0 bridgehead atoms. The van der Waals surface area contributed by atoms with Crippen molar-refractivity contribution < 1.29 is 0 Å². The number of nitrogens with zero attached hydrogens (tertiary/aromatic N) is 1. The second-order valence-electron chi connectivity index (χ2n) is 5.67. The smallest absolute Gasteiger partial charge is 0.175 e. The van der Waals surface area contributed by atoms with Gasteiger partial charge in [0.15, 0.2) is 5.11 Å². The van der Waals surface area contributed by atoms with Crippen molar-refractivity contribution in [1.29, 1.82) is 0 Å². The second-order valence-corrected chi connectivity index (χ2v) is 6.09. The zero-order valence-electron chi connectivity index (χ0n) is 13.0. The molecule has 4 aromatic rings. The Kier molecular flexibility index (Phi) is 3.63. The fraction of sp³-hybridized carbons (Fsp3) is 0. The molecule has 0 fully saturated rings. The van der Waals surface area contributed by atoms with Crippen LogP contribution in [0.1, 0.15) is 0 Å². The minimum atomic E-state index is 0.336. The van der Waals surface area contributed by atoms with E-state index < -0.39 is 0 Å². The van der Waals surface area contributed by atoms with Gasteiger partial charge in [-0.1, -0.05) is 72.8 Å². The third-order valence-electron chi connectivity index (χ3n) is 4.24. The molecule has 24 heavy (non-hydrogen) atoms. The molecule has 3 heteroatoms. The van der Waals surface area contributed by atoms with E-state index in [0.717, 1.165) is 32.9 Å². The number of hydrogen-bond acceptors (Lipinski definition) is 1. The quantitative estimate of drug-likeness (QED) is 0.501. The Bertz CT molecular complexity index is 966. The van der Waals surface area contributed by atoms with Crippen molar-refractivity contribution in [3.63, 3.8) is 0 Å². The van der Waals surface area contributed by atoms with Gasteiger partial charge in [0.05, 0.1) is 11.4 Å². The molecule has 0 spiro atoms. The molecular weight excluding hydrogens is 312 g/mol. The van der Waals surface area contributed by atoms with Crippen molar-refractivity contribution in [1.82, 2.24) is 0 Å². The fourth-order valence-corrected chi connectivity index (χ4v) is 3.37. The zero-order chi connectivity index (χ0) is 16.5. The van der Waals surface area contributed by atoms with Crippen molar-refractivity contribution in [2.75, 3.05) is 4.90 Å². The Morgan fingerprint density at radius 1 is 0.625 bits per heavy atom. The molecular formula is C21H16N2S. The molecule has 0 aliphatic rings. The summed E-state index contributed by atoms with van der Waals surface area (Å²) in [6.07, 6.45) is 0. The average Bonchev–Trinajstić information content (AvgIpc) is 2.62. The van der Waals surface area contributed by atoms with Gasteiger partial charge >= 0.3 is 0 Å². The topological polar surface area (TPSA) is 29.3 Å². The standard InChI is InChI=1S/C21H16N2S/c22-21(24)23(19-13-5-9-15-7-1-3-11-17(15)19)20-14-6-10-16-8-2-4-12-18(16)20/h1-14H,(H2,22,24). The Hall–Kier alpha value is -2.91. The van der Waals surface area contributed by atoms with E-state index in [4.69, 9.17) is 18.0 Å². The molecule has 0 aliphatic heterocycles. The van der Waals surface area contributed by atoms with Crippen molar-refractivity contribution in [2.24, 2.45) is 5.73 Å². The highest BCUT2D eigenvalue weighted by atomic mass is 32.1. The van der Waals surface area contributed by atoms with E-state index >= 15 is 0 Å². The number of benzene rings is 4. The van der Waals surface area contributed by atoms with Gasteiger partial charge in [-0.25, -0.2) is 0 Å². The second kappa shape index (κ2) is 5.95. The van der Waals surface area contributed by atoms with Crippen LogP contribution in [0.15, 0.2) is 84.9 Å². The predicted molar refractivity (Wildman–Crippen MR) is 107 cm³/mol. The highest BCUT2D eigenvalue weighted by Gasteiger charge is 2.17. The van der Waals surface area contributed by atoms with Crippen molar-refractivity contribution in [3.8, 4) is 0 Å². The summed E-state index contributed by atoms with van der Waals surface area (Å²) in [6, 6.07) is 28.9. The first kappa shape index (κ1) is 14.7. The van der Waals surface area contributed by atoms with Crippen LogP contribution in [-0.2, 0) is 0 Å². The molecule has 0 saturated carbocycles. The van der Waals surface area contributed by atoms with Crippen molar-refractivity contribution in [2.45, 2.75) is 0 Å². The summed E-state index contributed by atoms with van der Waals surface area (Å²) < 4.78 is 0. The number of rotatable bonds is 2. The van der Waals surface area contributed by atoms with Crippen LogP contribution < -0.4 is 10.6 Å². The summed E-state index contributed by atoms with van der Waals surface area (Å²) in [4.78, 5) is 1.96. The first-order valence-corrected chi connectivity index (χ1v) is 8.21. The Labute approximate surface area is 146 Å². The molecule has 2 nitrogen and oxygen atoms in total. The summed E-state index contributed by atoms with van der Waals surface area (Å²) in [5.74, 6) is 0. The van der Waals surface area contributed by atoms with Gasteiger partial charge in [0, 0.05) is 10.8 Å². The van der Waals surface area contributed by atoms with E-state index in [1.165, 1.54) is 0 Å². The van der Waals surface area contributed by atoms with Crippen molar-refractivity contribution >= 4 is 50.2 Å². The Morgan fingerprint density at radius 2 is 1.04 bits per heavy atom. The lowest BCUT2D eigenvalue weighted by molar-refractivity contribution is 1.37. The van der Waals surface area contributed by atoms with Gasteiger partial charge in [0.1, 0.15) is 0 Å². The van der Waals surface area contributed by atoms with E-state index in [1.54, 1.807) is 0 Å². The zero-order valence-corrected chi connectivity index (χ0v) is 13.8. The normalized spacial score (nSPS) is 10.8. The summed E-state index contributed by atoms with van der Waals surface area (Å²) in [5, 5.41) is 4.91.